The standard InChI is InChI=1S/C24H26N2O6/c1-2-14-31-23(29)25-13-7-12-21(22(27)28)26-24(30)32-15-20-18-10-5-3-8-16(18)17-9-4-6-11-19(17)20/h2-6,8-11,20-21H,1,7,12-15H2,(H,25,29)(H,26,30)(H,27,28). The number of carboxylic acids is 1. The number of benzene rings is 2. The van der Waals surface area contributed by atoms with Crippen LogP contribution in [0.5, 0.6) is 0 Å². The van der Waals surface area contributed by atoms with E-state index in [-0.39, 0.29) is 32.1 Å². The summed E-state index contributed by atoms with van der Waals surface area (Å²) < 4.78 is 10.2. The Labute approximate surface area is 186 Å². The van der Waals surface area contributed by atoms with E-state index in [4.69, 9.17) is 9.47 Å². The van der Waals surface area contributed by atoms with Crippen LogP contribution in [0.15, 0.2) is 61.2 Å². The Morgan fingerprint density at radius 1 is 1.00 bits per heavy atom. The van der Waals surface area contributed by atoms with Crippen LogP contribution in [-0.4, -0.2) is 49.1 Å². The fourth-order valence-corrected chi connectivity index (χ4v) is 3.72. The number of carbonyl (C=O) groups is 3. The van der Waals surface area contributed by atoms with E-state index in [2.05, 4.69) is 17.2 Å². The number of ether oxygens (including phenoxy) is 2. The van der Waals surface area contributed by atoms with Gasteiger partial charge in [-0.15, -0.1) is 0 Å². The lowest BCUT2D eigenvalue weighted by Gasteiger charge is -2.17. The highest BCUT2D eigenvalue weighted by Gasteiger charge is 2.29. The average molecular weight is 438 g/mol. The molecule has 3 rings (SSSR count). The maximum Gasteiger partial charge on any atom is 0.407 e. The van der Waals surface area contributed by atoms with Crippen molar-refractivity contribution < 1.29 is 29.0 Å². The minimum atomic E-state index is -1.17. The molecule has 0 radical (unpaired) electrons. The quantitative estimate of drug-likeness (QED) is 0.385. The Morgan fingerprint density at radius 3 is 2.22 bits per heavy atom. The van der Waals surface area contributed by atoms with E-state index in [1.165, 1.54) is 6.08 Å². The summed E-state index contributed by atoms with van der Waals surface area (Å²) in [5, 5.41) is 14.3. The molecule has 0 fully saturated rings. The van der Waals surface area contributed by atoms with Crippen molar-refractivity contribution >= 4 is 18.2 Å². The Balaban J connectivity index is 1.50. The molecule has 1 atom stereocenters. The molecule has 1 aliphatic rings. The van der Waals surface area contributed by atoms with Gasteiger partial charge >= 0.3 is 18.2 Å². The SMILES string of the molecule is C=CCOC(=O)NCCCC(NC(=O)OCC1c2ccccc2-c2ccccc21)C(=O)O. The van der Waals surface area contributed by atoms with Gasteiger partial charge in [-0.25, -0.2) is 14.4 Å². The largest absolute Gasteiger partial charge is 0.480 e. The molecule has 0 spiro atoms. The summed E-state index contributed by atoms with van der Waals surface area (Å²) in [6.07, 6.45) is 0.502. The van der Waals surface area contributed by atoms with Crippen LogP contribution in [-0.2, 0) is 14.3 Å². The molecule has 8 nitrogen and oxygen atoms in total. The monoisotopic (exact) mass is 438 g/mol. The highest BCUT2D eigenvalue weighted by Crippen LogP contribution is 2.44. The summed E-state index contributed by atoms with van der Waals surface area (Å²) in [5.74, 6) is -1.28. The molecule has 2 amide bonds. The molecule has 8 heteroatoms. The lowest BCUT2D eigenvalue weighted by molar-refractivity contribution is -0.139. The molecule has 2 aromatic rings. The molecule has 1 aliphatic carbocycles. The molecular formula is C24H26N2O6. The van der Waals surface area contributed by atoms with Crippen molar-refractivity contribution in [3.63, 3.8) is 0 Å². The van der Waals surface area contributed by atoms with Gasteiger partial charge in [0.15, 0.2) is 0 Å². The average Bonchev–Trinajstić information content (AvgIpc) is 3.12. The van der Waals surface area contributed by atoms with Crippen molar-refractivity contribution in [2.45, 2.75) is 24.8 Å². The number of aliphatic carboxylic acids is 1. The van der Waals surface area contributed by atoms with E-state index in [9.17, 15) is 19.5 Å². The molecule has 0 aliphatic heterocycles. The van der Waals surface area contributed by atoms with Crippen LogP contribution in [0.3, 0.4) is 0 Å². The minimum absolute atomic E-state index is 0.0902. The van der Waals surface area contributed by atoms with Gasteiger partial charge in [-0.1, -0.05) is 61.2 Å². The third kappa shape index (κ3) is 5.66. The number of nitrogens with one attached hydrogen (secondary N) is 2. The van der Waals surface area contributed by atoms with Crippen LogP contribution in [0.2, 0.25) is 0 Å². The lowest BCUT2D eigenvalue weighted by atomic mass is 9.98. The Hall–Kier alpha value is -3.81. The van der Waals surface area contributed by atoms with Crippen molar-refractivity contribution in [3.05, 3.63) is 72.3 Å². The van der Waals surface area contributed by atoms with Gasteiger partial charge in [-0.3, -0.25) is 0 Å². The summed E-state index contributed by atoms with van der Waals surface area (Å²) in [6.45, 7) is 3.84. The normalized spacial score (nSPS) is 12.8. The van der Waals surface area contributed by atoms with Crippen LogP contribution in [0.4, 0.5) is 9.59 Å². The first-order chi connectivity index (χ1) is 15.5. The molecule has 0 bridgehead atoms. The molecule has 0 saturated carbocycles. The van der Waals surface area contributed by atoms with Crippen LogP contribution in [0.1, 0.15) is 29.9 Å². The first-order valence-electron chi connectivity index (χ1n) is 10.4. The van der Waals surface area contributed by atoms with E-state index >= 15 is 0 Å². The summed E-state index contributed by atoms with van der Waals surface area (Å²) in [5.41, 5.74) is 4.37. The topological polar surface area (TPSA) is 114 Å². The number of alkyl carbamates (subject to hydrolysis) is 2. The van der Waals surface area contributed by atoms with Crippen LogP contribution < -0.4 is 10.6 Å². The van der Waals surface area contributed by atoms with Crippen molar-refractivity contribution in [1.29, 1.82) is 0 Å². The van der Waals surface area contributed by atoms with Crippen molar-refractivity contribution in [2.24, 2.45) is 0 Å². The third-order valence-corrected chi connectivity index (χ3v) is 5.21. The highest BCUT2D eigenvalue weighted by atomic mass is 16.6. The van der Waals surface area contributed by atoms with Gasteiger partial charge in [0.2, 0.25) is 0 Å². The number of fused-ring (bicyclic) bond motifs is 3. The fourth-order valence-electron chi connectivity index (χ4n) is 3.72. The molecular weight excluding hydrogens is 412 g/mol. The molecule has 3 N–H and O–H groups in total. The molecule has 0 heterocycles. The van der Waals surface area contributed by atoms with Crippen LogP contribution >= 0.6 is 0 Å². The van der Waals surface area contributed by atoms with Gasteiger partial charge in [-0.05, 0) is 35.1 Å². The maximum atomic E-state index is 12.3. The second-order valence-electron chi connectivity index (χ2n) is 7.32. The van der Waals surface area contributed by atoms with Crippen molar-refractivity contribution in [1.82, 2.24) is 10.6 Å². The molecule has 1 unspecified atom stereocenters. The summed E-state index contributed by atoms with van der Waals surface area (Å²) >= 11 is 0. The van der Waals surface area contributed by atoms with Gasteiger partial charge in [0.25, 0.3) is 0 Å². The molecule has 168 valence electrons. The number of hydrogen-bond donors (Lipinski definition) is 3. The Kier molecular flexibility index (Phi) is 7.85. The smallest absolute Gasteiger partial charge is 0.407 e. The third-order valence-electron chi connectivity index (χ3n) is 5.21. The zero-order valence-corrected chi connectivity index (χ0v) is 17.6. The van der Waals surface area contributed by atoms with E-state index in [0.717, 1.165) is 22.3 Å². The van der Waals surface area contributed by atoms with E-state index in [0.29, 0.717) is 6.42 Å². The number of hydrogen-bond acceptors (Lipinski definition) is 5. The predicted octanol–water partition coefficient (Wildman–Crippen LogP) is 3.67. The fraction of sp³-hybridized carbons (Fsp3) is 0.292. The van der Waals surface area contributed by atoms with Gasteiger partial charge < -0.3 is 25.2 Å². The summed E-state index contributed by atoms with van der Waals surface area (Å²) in [6, 6.07) is 14.8. The number of amides is 2. The first-order valence-corrected chi connectivity index (χ1v) is 10.4. The van der Waals surface area contributed by atoms with E-state index in [1.54, 1.807) is 0 Å². The van der Waals surface area contributed by atoms with E-state index < -0.39 is 24.2 Å². The second-order valence-corrected chi connectivity index (χ2v) is 7.32. The highest BCUT2D eigenvalue weighted by molar-refractivity contribution is 5.81. The van der Waals surface area contributed by atoms with Gasteiger partial charge in [-0.2, -0.15) is 0 Å². The summed E-state index contributed by atoms with van der Waals surface area (Å²) in [4.78, 5) is 35.2. The molecule has 0 aromatic heterocycles. The van der Waals surface area contributed by atoms with Crippen molar-refractivity contribution in [2.75, 3.05) is 19.8 Å². The predicted molar refractivity (Wildman–Crippen MR) is 118 cm³/mol. The van der Waals surface area contributed by atoms with Gasteiger partial charge in [0.1, 0.15) is 19.3 Å². The van der Waals surface area contributed by atoms with Crippen LogP contribution in [0.25, 0.3) is 11.1 Å². The van der Waals surface area contributed by atoms with Gasteiger partial charge in [0, 0.05) is 12.5 Å². The van der Waals surface area contributed by atoms with Crippen LogP contribution in [0, 0.1) is 0 Å². The zero-order valence-electron chi connectivity index (χ0n) is 17.6. The minimum Gasteiger partial charge on any atom is -0.480 e. The zero-order chi connectivity index (χ0) is 22.9. The number of rotatable bonds is 10. The maximum absolute atomic E-state index is 12.3. The second kappa shape index (κ2) is 11.0. The number of carboxylic acid groups (broad SMARTS) is 1. The number of carbonyl (C=O) groups excluding carboxylic acids is 2. The summed E-state index contributed by atoms with van der Waals surface area (Å²) in [7, 11) is 0. The lowest BCUT2D eigenvalue weighted by Crippen LogP contribution is -2.42. The molecule has 0 saturated heterocycles. The van der Waals surface area contributed by atoms with Gasteiger partial charge in [0.05, 0.1) is 0 Å². The Bertz CT molecular complexity index is 944. The molecule has 2 aromatic carbocycles. The van der Waals surface area contributed by atoms with E-state index in [1.807, 2.05) is 48.5 Å². The first kappa shape index (κ1) is 22.9. The molecule has 32 heavy (non-hydrogen) atoms. The Morgan fingerprint density at radius 2 is 1.62 bits per heavy atom. The van der Waals surface area contributed by atoms with Crippen molar-refractivity contribution in [3.8, 4) is 11.1 Å².